The molecule has 0 amide bonds. The monoisotopic (exact) mass is 262 g/mol. The molecule has 0 aliphatic carbocycles. The van der Waals surface area contributed by atoms with Crippen LogP contribution in [0.2, 0.25) is 0 Å². The Morgan fingerprint density at radius 2 is 2.22 bits per heavy atom. The van der Waals surface area contributed by atoms with E-state index in [-0.39, 0.29) is 30.8 Å². The van der Waals surface area contributed by atoms with Crippen molar-refractivity contribution >= 4 is 5.97 Å². The van der Waals surface area contributed by atoms with Crippen LogP contribution in [0.25, 0.3) is 0 Å². The number of carbonyl (C=O) groups is 1. The second-order valence-corrected chi connectivity index (χ2v) is 3.46. The zero-order valence-electron chi connectivity index (χ0n) is 9.75. The highest BCUT2D eigenvalue weighted by atomic mass is 19.3. The molecule has 1 aromatic rings. The first-order valence-electron chi connectivity index (χ1n) is 5.31. The number of hydrogen-bond donors (Lipinski definition) is 1. The number of nitrogens with two attached hydrogens (primary N) is 1. The van der Waals surface area contributed by atoms with E-state index in [0.29, 0.717) is 0 Å². The third-order valence-electron chi connectivity index (χ3n) is 2.23. The minimum Gasteiger partial charge on any atom is -0.466 e. The lowest BCUT2D eigenvalue weighted by molar-refractivity contribution is -0.142. The molecule has 2 N–H and O–H groups in total. The van der Waals surface area contributed by atoms with Gasteiger partial charge in [-0.15, -0.1) is 0 Å². The van der Waals surface area contributed by atoms with Gasteiger partial charge in [-0.25, -0.2) is 13.8 Å². The highest BCUT2D eigenvalue weighted by molar-refractivity contribution is 5.72. The molecule has 0 saturated heterocycles. The van der Waals surface area contributed by atoms with E-state index < -0.39 is 23.9 Å². The number of rotatable bonds is 5. The molecule has 0 saturated carbocycles. The van der Waals surface area contributed by atoms with Gasteiger partial charge in [-0.2, -0.15) is 4.39 Å². The van der Waals surface area contributed by atoms with Gasteiger partial charge in [0.05, 0.1) is 18.7 Å². The van der Waals surface area contributed by atoms with Crippen molar-refractivity contribution in [3.8, 4) is 0 Å². The summed E-state index contributed by atoms with van der Waals surface area (Å²) < 4.78 is 43.4. The molecule has 100 valence electrons. The van der Waals surface area contributed by atoms with E-state index in [4.69, 9.17) is 5.73 Å². The van der Waals surface area contributed by atoms with Crippen molar-refractivity contribution in [2.75, 3.05) is 6.61 Å². The van der Waals surface area contributed by atoms with Crippen molar-refractivity contribution in [2.24, 2.45) is 5.73 Å². The molecular formula is C11H13F3N2O2. The van der Waals surface area contributed by atoms with Crippen molar-refractivity contribution in [1.29, 1.82) is 0 Å². The van der Waals surface area contributed by atoms with Gasteiger partial charge < -0.3 is 10.5 Å². The zero-order chi connectivity index (χ0) is 13.7. The molecule has 0 aliphatic rings. The molecule has 7 heteroatoms. The van der Waals surface area contributed by atoms with E-state index in [0.717, 1.165) is 6.07 Å². The highest BCUT2D eigenvalue weighted by Crippen LogP contribution is 2.25. The van der Waals surface area contributed by atoms with Gasteiger partial charge in [0.25, 0.3) is 6.43 Å². The van der Waals surface area contributed by atoms with E-state index >= 15 is 0 Å². The highest BCUT2D eigenvalue weighted by Gasteiger charge is 2.19. The zero-order valence-corrected chi connectivity index (χ0v) is 9.75. The topological polar surface area (TPSA) is 65.2 Å². The van der Waals surface area contributed by atoms with Gasteiger partial charge in [-0.3, -0.25) is 4.79 Å². The fraction of sp³-hybridized carbons (Fsp3) is 0.455. The van der Waals surface area contributed by atoms with Crippen molar-refractivity contribution in [3.63, 3.8) is 0 Å². The maximum absolute atomic E-state index is 13.4. The van der Waals surface area contributed by atoms with E-state index in [9.17, 15) is 18.0 Å². The quantitative estimate of drug-likeness (QED) is 0.648. The number of esters is 1. The predicted molar refractivity (Wildman–Crippen MR) is 57.4 cm³/mol. The SMILES string of the molecule is CCOC(=O)Cc1cc(C(F)F)c(CN)c(F)n1. The number of aromatic nitrogens is 1. The lowest BCUT2D eigenvalue weighted by Gasteiger charge is -2.10. The van der Waals surface area contributed by atoms with Gasteiger partial charge in [0, 0.05) is 17.7 Å². The Morgan fingerprint density at radius 3 is 2.72 bits per heavy atom. The van der Waals surface area contributed by atoms with Crippen LogP contribution in [0.5, 0.6) is 0 Å². The van der Waals surface area contributed by atoms with Crippen molar-refractivity contribution in [3.05, 3.63) is 28.8 Å². The van der Waals surface area contributed by atoms with E-state index in [2.05, 4.69) is 9.72 Å². The van der Waals surface area contributed by atoms with E-state index in [1.807, 2.05) is 0 Å². The molecule has 0 aliphatic heterocycles. The minimum atomic E-state index is -2.87. The molecular weight excluding hydrogens is 249 g/mol. The van der Waals surface area contributed by atoms with Crippen molar-refractivity contribution in [2.45, 2.75) is 26.3 Å². The van der Waals surface area contributed by atoms with Crippen LogP contribution in [0, 0.1) is 5.95 Å². The van der Waals surface area contributed by atoms with Gasteiger partial charge in [0.15, 0.2) is 0 Å². The normalized spacial score (nSPS) is 10.8. The molecule has 1 heterocycles. The van der Waals surface area contributed by atoms with Crippen molar-refractivity contribution in [1.82, 2.24) is 4.98 Å². The summed E-state index contributed by atoms with van der Waals surface area (Å²) >= 11 is 0. The molecule has 18 heavy (non-hydrogen) atoms. The summed E-state index contributed by atoms with van der Waals surface area (Å²) in [6.07, 6.45) is -3.23. The smallest absolute Gasteiger partial charge is 0.311 e. The van der Waals surface area contributed by atoms with Crippen molar-refractivity contribution < 1.29 is 22.7 Å². The summed E-state index contributed by atoms with van der Waals surface area (Å²) in [6, 6.07) is 0.979. The Morgan fingerprint density at radius 1 is 1.56 bits per heavy atom. The molecule has 1 aromatic heterocycles. The van der Waals surface area contributed by atoms with Crippen LogP contribution in [0.1, 0.15) is 30.2 Å². The Bertz CT molecular complexity index is 439. The number of pyridine rings is 1. The van der Waals surface area contributed by atoms with E-state index in [1.165, 1.54) is 0 Å². The molecule has 0 aromatic carbocycles. The molecule has 0 fully saturated rings. The fourth-order valence-corrected chi connectivity index (χ4v) is 1.46. The third-order valence-corrected chi connectivity index (χ3v) is 2.23. The van der Waals surface area contributed by atoms with Crippen LogP contribution < -0.4 is 5.73 Å². The predicted octanol–water partition coefficient (Wildman–Crippen LogP) is 1.72. The molecule has 0 unspecified atom stereocenters. The van der Waals surface area contributed by atoms with Gasteiger partial charge in [-0.1, -0.05) is 0 Å². The average molecular weight is 262 g/mol. The molecule has 0 radical (unpaired) electrons. The molecule has 1 rings (SSSR count). The first kappa shape index (κ1) is 14.4. The maximum atomic E-state index is 13.4. The Labute approximate surface area is 102 Å². The van der Waals surface area contributed by atoms with Crippen LogP contribution in [-0.4, -0.2) is 17.6 Å². The Hall–Kier alpha value is -1.63. The Balaban J connectivity index is 3.05. The first-order valence-corrected chi connectivity index (χ1v) is 5.31. The number of hydrogen-bond acceptors (Lipinski definition) is 4. The summed E-state index contributed by atoms with van der Waals surface area (Å²) in [6.45, 7) is 1.39. The summed E-state index contributed by atoms with van der Waals surface area (Å²) in [5, 5.41) is 0. The molecule has 0 bridgehead atoms. The number of ether oxygens (including phenoxy) is 1. The molecule has 0 atom stereocenters. The second-order valence-electron chi connectivity index (χ2n) is 3.46. The molecule has 0 spiro atoms. The van der Waals surface area contributed by atoms with Crippen LogP contribution in [0.15, 0.2) is 6.07 Å². The number of alkyl halides is 2. The minimum absolute atomic E-state index is 0.0987. The lowest BCUT2D eigenvalue weighted by Crippen LogP contribution is -2.13. The molecule has 4 nitrogen and oxygen atoms in total. The van der Waals surface area contributed by atoms with Crippen LogP contribution in [0.3, 0.4) is 0 Å². The van der Waals surface area contributed by atoms with Gasteiger partial charge in [-0.05, 0) is 13.0 Å². The summed E-state index contributed by atoms with van der Waals surface area (Å²) in [5.41, 5.74) is 4.21. The summed E-state index contributed by atoms with van der Waals surface area (Å²) in [4.78, 5) is 14.6. The van der Waals surface area contributed by atoms with Crippen LogP contribution in [0.4, 0.5) is 13.2 Å². The number of nitrogens with zero attached hydrogens (tertiary/aromatic N) is 1. The van der Waals surface area contributed by atoms with Gasteiger partial charge >= 0.3 is 5.97 Å². The number of halogens is 3. The summed E-state index contributed by atoms with van der Waals surface area (Å²) in [5.74, 6) is -1.72. The first-order chi connectivity index (χ1) is 8.49. The van der Waals surface area contributed by atoms with Crippen LogP contribution >= 0.6 is 0 Å². The van der Waals surface area contributed by atoms with Gasteiger partial charge in [0.2, 0.25) is 5.95 Å². The second kappa shape index (κ2) is 6.34. The van der Waals surface area contributed by atoms with Crippen LogP contribution in [-0.2, 0) is 22.5 Å². The lowest BCUT2D eigenvalue weighted by atomic mass is 10.1. The largest absolute Gasteiger partial charge is 0.466 e. The standard InChI is InChI=1S/C11H13F3N2O2/c1-2-18-9(17)4-6-3-7(10(12)13)8(5-15)11(14)16-6/h3,10H,2,4-5,15H2,1H3. The van der Waals surface area contributed by atoms with E-state index in [1.54, 1.807) is 6.92 Å². The maximum Gasteiger partial charge on any atom is 0.311 e. The van der Waals surface area contributed by atoms with Gasteiger partial charge in [0.1, 0.15) is 0 Å². The number of carbonyl (C=O) groups excluding carboxylic acids is 1. The third kappa shape index (κ3) is 3.43. The Kier molecular flexibility index (Phi) is 5.08. The fourth-order valence-electron chi connectivity index (χ4n) is 1.46. The average Bonchev–Trinajstić information content (AvgIpc) is 2.28. The summed E-state index contributed by atoms with van der Waals surface area (Å²) in [7, 11) is 0.